The molecule has 26 nitrogen and oxygen atoms in total. The zero-order valence-corrected chi connectivity index (χ0v) is 50.5. The highest BCUT2D eigenvalue weighted by atomic mass is 16.6. The van der Waals surface area contributed by atoms with Gasteiger partial charge in [-0.3, -0.25) is 0 Å². The summed E-state index contributed by atoms with van der Waals surface area (Å²) < 4.78 is 143. The van der Waals surface area contributed by atoms with Gasteiger partial charge < -0.3 is 123 Å². The molecule has 0 aliphatic carbocycles. The summed E-state index contributed by atoms with van der Waals surface area (Å²) in [5, 5.41) is 0. The van der Waals surface area contributed by atoms with Crippen LogP contribution in [0.4, 0.5) is 0 Å². The van der Waals surface area contributed by atoms with Gasteiger partial charge in [-0.25, -0.2) is 0 Å². The summed E-state index contributed by atoms with van der Waals surface area (Å²) in [5.41, 5.74) is 0. The monoisotopic (exact) mass is 1200 g/mol. The Morgan fingerprint density at radius 1 is 0.220 bits per heavy atom. The maximum atomic E-state index is 5.60. The molecule has 0 aromatic heterocycles. The molecule has 1 aliphatic heterocycles. The third-order valence-corrected chi connectivity index (χ3v) is 10.7. The zero-order valence-electron chi connectivity index (χ0n) is 50.5. The van der Waals surface area contributed by atoms with Crippen LogP contribution in [0.3, 0.4) is 0 Å². The molecular weight excluding hydrogens is 1090 g/mol. The van der Waals surface area contributed by atoms with Crippen LogP contribution in [-0.4, -0.2) is 343 Å². The van der Waals surface area contributed by atoms with Crippen molar-refractivity contribution in [2.75, 3.05) is 330 Å². The number of hydrogen-bond acceptors (Lipinski definition) is 26. The standard InChI is InChI=1S/C56H112O26/c1-3-4-5-57-6-7-58-8-9-59-10-11-60-12-13-61-14-15-62-16-17-63-18-19-64-20-21-65-22-23-66-24-25-67-26-27-68-28-29-69-30-31-70-32-33-71-34-35-72-36-37-73-38-39-74-40-41-75-42-43-76-44-45-77-46-47-78-48-49-79-50-51-80-52-53-81-55(2)56-54-82-56/h55-56H,3-54H2,1-2H3. The van der Waals surface area contributed by atoms with E-state index >= 15 is 0 Å². The fourth-order valence-electron chi connectivity index (χ4n) is 6.13. The molecule has 0 aromatic carbocycles. The lowest BCUT2D eigenvalue weighted by Crippen LogP contribution is -2.19. The summed E-state index contributed by atoms with van der Waals surface area (Å²) in [6, 6.07) is 0. The Labute approximate surface area is 491 Å². The van der Waals surface area contributed by atoms with E-state index < -0.39 is 0 Å². The Kier molecular flexibility index (Phi) is 69.8. The number of epoxide rings is 1. The molecule has 0 amide bonds. The molecule has 2 atom stereocenters. The van der Waals surface area contributed by atoms with Gasteiger partial charge in [-0.15, -0.1) is 0 Å². The Bertz CT molecular complexity index is 1140. The van der Waals surface area contributed by atoms with E-state index in [1.54, 1.807) is 0 Å². The second kappa shape index (κ2) is 72.4. The smallest absolute Gasteiger partial charge is 0.107 e. The van der Waals surface area contributed by atoms with E-state index in [-0.39, 0.29) is 12.2 Å². The van der Waals surface area contributed by atoms with Crippen LogP contribution in [0.15, 0.2) is 0 Å². The fourth-order valence-corrected chi connectivity index (χ4v) is 6.13. The van der Waals surface area contributed by atoms with Crippen LogP contribution in [0.2, 0.25) is 0 Å². The van der Waals surface area contributed by atoms with Crippen molar-refractivity contribution < 1.29 is 123 Å². The van der Waals surface area contributed by atoms with Crippen molar-refractivity contribution in [3.63, 3.8) is 0 Å². The van der Waals surface area contributed by atoms with E-state index in [0.29, 0.717) is 317 Å². The van der Waals surface area contributed by atoms with Gasteiger partial charge in [-0.2, -0.15) is 0 Å². The first-order valence-corrected chi connectivity index (χ1v) is 29.9. The molecular formula is C56H112O26. The highest BCUT2D eigenvalue weighted by Gasteiger charge is 2.29. The normalized spacial score (nSPS) is 13.8. The van der Waals surface area contributed by atoms with E-state index in [0.717, 1.165) is 26.1 Å². The molecule has 0 N–H and O–H groups in total. The lowest BCUT2D eigenvalue weighted by Gasteiger charge is -2.10. The molecule has 82 heavy (non-hydrogen) atoms. The minimum absolute atomic E-state index is 0.130. The van der Waals surface area contributed by atoms with Gasteiger partial charge >= 0.3 is 0 Å². The molecule has 1 fully saturated rings. The number of hydrogen-bond donors (Lipinski definition) is 0. The van der Waals surface area contributed by atoms with E-state index in [2.05, 4.69) is 6.92 Å². The fraction of sp³-hybridized carbons (Fsp3) is 1.00. The third-order valence-electron chi connectivity index (χ3n) is 10.7. The quantitative estimate of drug-likeness (QED) is 0.0625. The summed E-state index contributed by atoms with van der Waals surface area (Å²) in [5.74, 6) is 0. The Hall–Kier alpha value is -1.04. The average molecular weight is 1200 g/mol. The van der Waals surface area contributed by atoms with Crippen molar-refractivity contribution in [2.24, 2.45) is 0 Å². The molecule has 26 heteroatoms. The predicted octanol–water partition coefficient (Wildman–Crippen LogP) is 1.99. The molecule has 0 aromatic rings. The summed E-state index contributed by atoms with van der Waals surface area (Å²) in [4.78, 5) is 0. The van der Waals surface area contributed by atoms with Gasteiger partial charge in [0, 0.05) is 6.61 Å². The van der Waals surface area contributed by atoms with Gasteiger partial charge in [0.1, 0.15) is 6.10 Å². The van der Waals surface area contributed by atoms with Gasteiger partial charge in [0.15, 0.2) is 0 Å². The highest BCUT2D eigenvalue weighted by molar-refractivity contribution is 4.76. The minimum atomic E-state index is 0.130. The first kappa shape index (κ1) is 79.0. The van der Waals surface area contributed by atoms with Crippen LogP contribution >= 0.6 is 0 Å². The first-order valence-electron chi connectivity index (χ1n) is 29.9. The topological polar surface area (TPSA) is 243 Å². The van der Waals surface area contributed by atoms with Crippen LogP contribution < -0.4 is 0 Å². The zero-order chi connectivity index (χ0) is 58.3. The molecule has 0 bridgehead atoms. The first-order chi connectivity index (χ1) is 40.8. The van der Waals surface area contributed by atoms with Crippen molar-refractivity contribution >= 4 is 0 Å². The molecule has 1 aliphatic rings. The number of unbranched alkanes of at least 4 members (excludes halogenated alkanes) is 1. The largest absolute Gasteiger partial charge is 0.379 e. The van der Waals surface area contributed by atoms with Crippen LogP contribution in [-0.2, 0) is 123 Å². The van der Waals surface area contributed by atoms with Gasteiger partial charge in [-0.05, 0) is 13.3 Å². The number of ether oxygens (including phenoxy) is 26. The van der Waals surface area contributed by atoms with E-state index in [4.69, 9.17) is 123 Å². The summed E-state index contributed by atoms with van der Waals surface area (Å²) >= 11 is 0. The maximum Gasteiger partial charge on any atom is 0.107 e. The van der Waals surface area contributed by atoms with Crippen LogP contribution in [0.1, 0.15) is 26.7 Å². The average Bonchev–Trinajstić information content (AvgIpc) is 4.36. The molecule has 0 radical (unpaired) electrons. The maximum absolute atomic E-state index is 5.60. The van der Waals surface area contributed by atoms with Crippen molar-refractivity contribution in [1.29, 1.82) is 0 Å². The van der Waals surface area contributed by atoms with E-state index in [1.807, 2.05) is 6.92 Å². The second-order valence-corrected chi connectivity index (χ2v) is 17.5. The molecule has 1 heterocycles. The minimum Gasteiger partial charge on any atom is -0.379 e. The van der Waals surface area contributed by atoms with Crippen molar-refractivity contribution in [2.45, 2.75) is 38.9 Å². The molecule has 2 unspecified atom stereocenters. The molecule has 1 rings (SSSR count). The van der Waals surface area contributed by atoms with Crippen molar-refractivity contribution in [3.8, 4) is 0 Å². The van der Waals surface area contributed by atoms with Crippen molar-refractivity contribution in [1.82, 2.24) is 0 Å². The lowest BCUT2D eigenvalue weighted by atomic mass is 10.3. The SMILES string of the molecule is CCCCOCCOCCOCCOCCOCCOCCOCCOCCOCCOCCOCCOCCOCCOCCOCCOCCOCCOCCOCCOCCOCCOCCOCCOCCOC(C)C1CO1. The van der Waals surface area contributed by atoms with Crippen molar-refractivity contribution in [3.05, 3.63) is 0 Å². The Balaban J connectivity index is 1.58. The van der Waals surface area contributed by atoms with Crippen LogP contribution in [0.5, 0.6) is 0 Å². The molecule has 1 saturated heterocycles. The van der Waals surface area contributed by atoms with Gasteiger partial charge in [0.05, 0.1) is 330 Å². The van der Waals surface area contributed by atoms with Gasteiger partial charge in [0.2, 0.25) is 0 Å². The predicted molar refractivity (Wildman–Crippen MR) is 300 cm³/mol. The van der Waals surface area contributed by atoms with E-state index in [9.17, 15) is 0 Å². The molecule has 0 spiro atoms. The Morgan fingerprint density at radius 2 is 0.341 bits per heavy atom. The van der Waals surface area contributed by atoms with Gasteiger partial charge in [0.25, 0.3) is 0 Å². The summed E-state index contributed by atoms with van der Waals surface area (Å²) in [6.45, 7) is 30.1. The van der Waals surface area contributed by atoms with Gasteiger partial charge in [-0.1, -0.05) is 13.3 Å². The lowest BCUT2D eigenvalue weighted by molar-refractivity contribution is -0.0326. The highest BCUT2D eigenvalue weighted by Crippen LogP contribution is 2.16. The Morgan fingerprint density at radius 3 is 0.463 bits per heavy atom. The summed E-state index contributed by atoms with van der Waals surface area (Å²) in [7, 11) is 0. The van der Waals surface area contributed by atoms with E-state index in [1.165, 1.54) is 0 Å². The third kappa shape index (κ3) is 69.7. The van der Waals surface area contributed by atoms with Crippen LogP contribution in [0, 0.1) is 0 Å². The molecule has 0 saturated carbocycles. The second-order valence-electron chi connectivity index (χ2n) is 17.5. The van der Waals surface area contributed by atoms with Crippen LogP contribution in [0.25, 0.3) is 0 Å². The summed E-state index contributed by atoms with van der Waals surface area (Å²) in [6.07, 6.45) is 2.61. The molecule has 492 valence electrons. The number of rotatable bonds is 77.